The lowest BCUT2D eigenvalue weighted by Gasteiger charge is -2.38. The Balaban J connectivity index is 1.44. The zero-order valence-electron chi connectivity index (χ0n) is 14.8. The summed E-state index contributed by atoms with van der Waals surface area (Å²) in [6, 6.07) is 14.4. The fourth-order valence-electron chi connectivity index (χ4n) is 4.32. The molecule has 5 rings (SSSR count). The Bertz CT molecular complexity index is 948. The third-order valence-electron chi connectivity index (χ3n) is 5.58. The van der Waals surface area contributed by atoms with Crippen molar-refractivity contribution in [3.05, 3.63) is 83.8 Å². The zero-order valence-corrected chi connectivity index (χ0v) is 14.8. The predicted molar refractivity (Wildman–Crippen MR) is 97.5 cm³/mol. The molecule has 0 N–H and O–H groups in total. The van der Waals surface area contributed by atoms with Crippen LogP contribution in [-0.2, 0) is 13.1 Å². The van der Waals surface area contributed by atoms with Gasteiger partial charge in [0.05, 0.1) is 24.9 Å². The molecule has 1 fully saturated rings. The van der Waals surface area contributed by atoms with Crippen LogP contribution in [0.25, 0.3) is 0 Å². The van der Waals surface area contributed by atoms with E-state index in [9.17, 15) is 9.18 Å². The van der Waals surface area contributed by atoms with Crippen LogP contribution in [0.3, 0.4) is 0 Å². The maximum absolute atomic E-state index is 13.2. The molecule has 6 heteroatoms. The lowest BCUT2D eigenvalue weighted by atomic mass is 10.0. The van der Waals surface area contributed by atoms with Crippen LogP contribution in [0.15, 0.2) is 65.4 Å². The van der Waals surface area contributed by atoms with Gasteiger partial charge in [0.25, 0.3) is 5.91 Å². The molecule has 1 saturated heterocycles. The van der Waals surface area contributed by atoms with Crippen LogP contribution in [0.2, 0.25) is 0 Å². The van der Waals surface area contributed by atoms with Gasteiger partial charge in [-0.2, -0.15) is 0 Å². The van der Waals surface area contributed by atoms with Crippen LogP contribution in [-0.4, -0.2) is 39.4 Å². The number of aromatic nitrogens is 1. The summed E-state index contributed by atoms with van der Waals surface area (Å²) < 4.78 is 20.8. The second-order valence-electron chi connectivity index (χ2n) is 7.27. The van der Waals surface area contributed by atoms with Crippen LogP contribution < -0.4 is 0 Å². The maximum Gasteiger partial charge on any atom is 0.271 e. The predicted octanol–water partition coefficient (Wildman–Crippen LogP) is 3.30. The number of hydrogen-bond acceptors (Lipinski definition) is 3. The number of benzene rings is 1. The summed E-state index contributed by atoms with van der Waals surface area (Å²) in [5, 5.41) is 0. The number of carbonyl (C=O) groups excluding carboxylic acids is 1. The van der Waals surface area contributed by atoms with Crippen molar-refractivity contribution in [3.63, 3.8) is 0 Å². The smallest absolute Gasteiger partial charge is 0.271 e. The first-order valence-corrected chi connectivity index (χ1v) is 9.16. The normalized spacial score (nSPS) is 22.1. The van der Waals surface area contributed by atoms with Crippen molar-refractivity contribution in [2.75, 3.05) is 13.1 Å². The van der Waals surface area contributed by atoms with Gasteiger partial charge in [-0.05, 0) is 42.0 Å². The van der Waals surface area contributed by atoms with E-state index in [1.165, 1.54) is 12.1 Å². The Morgan fingerprint density at radius 2 is 1.81 bits per heavy atom. The zero-order chi connectivity index (χ0) is 18.4. The number of amides is 1. The molecule has 0 unspecified atom stereocenters. The quantitative estimate of drug-likeness (QED) is 0.712. The maximum atomic E-state index is 13.2. The molecule has 0 radical (unpaired) electrons. The summed E-state index contributed by atoms with van der Waals surface area (Å²) in [5.74, 6) is 0.698. The number of fused-ring (bicyclic) bond motifs is 3. The number of hydrogen-bond donors (Lipinski definition) is 0. The minimum atomic E-state index is -0.263. The van der Waals surface area contributed by atoms with Crippen molar-refractivity contribution < 1.29 is 13.6 Å². The molecule has 138 valence electrons. The van der Waals surface area contributed by atoms with Gasteiger partial charge in [-0.3, -0.25) is 9.69 Å². The first-order valence-electron chi connectivity index (χ1n) is 9.16. The van der Waals surface area contributed by atoms with Crippen molar-refractivity contribution in [1.82, 2.24) is 14.4 Å². The molecule has 1 amide bonds. The van der Waals surface area contributed by atoms with Gasteiger partial charge in [-0.15, -0.1) is 0 Å². The van der Waals surface area contributed by atoms with Gasteiger partial charge in [0.2, 0.25) is 0 Å². The van der Waals surface area contributed by atoms with Crippen LogP contribution >= 0.6 is 0 Å². The van der Waals surface area contributed by atoms with Gasteiger partial charge in [-0.1, -0.05) is 12.1 Å². The van der Waals surface area contributed by atoms with Crippen molar-refractivity contribution in [3.8, 4) is 0 Å². The summed E-state index contributed by atoms with van der Waals surface area (Å²) in [4.78, 5) is 17.4. The Kier molecular flexibility index (Phi) is 3.86. The third-order valence-corrected chi connectivity index (χ3v) is 5.58. The van der Waals surface area contributed by atoms with E-state index in [2.05, 4.69) is 9.47 Å². The van der Waals surface area contributed by atoms with Crippen LogP contribution in [0.4, 0.5) is 4.39 Å². The molecule has 2 aliphatic heterocycles. The molecular formula is C21H20FN3O2. The second-order valence-corrected chi connectivity index (χ2v) is 7.27. The lowest BCUT2D eigenvalue weighted by Crippen LogP contribution is -2.49. The highest BCUT2D eigenvalue weighted by molar-refractivity contribution is 5.94. The minimum absolute atomic E-state index is 0.0328. The number of nitrogens with zero attached hydrogens (tertiary/aromatic N) is 3. The Labute approximate surface area is 156 Å². The standard InChI is InChI=1S/C21H20FN3O2/c22-16-7-5-15(6-8-16)11-25-20-14-23(12-17-3-2-10-27-17)13-19(20)24-9-1-4-18(24)21(25)26/h1-10,19-20H,11-14H2/t19-,20+/m0/s1. The molecule has 0 bridgehead atoms. The molecular weight excluding hydrogens is 345 g/mol. The topological polar surface area (TPSA) is 41.6 Å². The number of likely N-dealkylation sites (tertiary alicyclic amines) is 1. The first kappa shape index (κ1) is 16.3. The summed E-state index contributed by atoms with van der Waals surface area (Å²) in [6.07, 6.45) is 3.68. The number of furan rings is 1. The van der Waals surface area contributed by atoms with Gasteiger partial charge in [0, 0.05) is 25.8 Å². The van der Waals surface area contributed by atoms with Gasteiger partial charge in [-0.25, -0.2) is 4.39 Å². The molecule has 5 nitrogen and oxygen atoms in total. The fourth-order valence-corrected chi connectivity index (χ4v) is 4.32. The Morgan fingerprint density at radius 3 is 2.59 bits per heavy atom. The average molecular weight is 365 g/mol. The summed E-state index contributed by atoms with van der Waals surface area (Å²) in [5.41, 5.74) is 1.66. The van der Waals surface area contributed by atoms with Gasteiger partial charge < -0.3 is 13.9 Å². The highest BCUT2D eigenvalue weighted by Crippen LogP contribution is 2.35. The highest BCUT2D eigenvalue weighted by Gasteiger charge is 2.44. The molecule has 1 aromatic carbocycles. The van der Waals surface area contributed by atoms with Crippen molar-refractivity contribution >= 4 is 5.91 Å². The van der Waals surface area contributed by atoms with Crippen LogP contribution in [0.5, 0.6) is 0 Å². The fraction of sp³-hybridized carbons (Fsp3) is 0.286. The van der Waals surface area contributed by atoms with Crippen LogP contribution in [0, 0.1) is 5.82 Å². The van der Waals surface area contributed by atoms with E-state index < -0.39 is 0 Å². The summed E-state index contributed by atoms with van der Waals surface area (Å²) in [6.45, 7) is 2.87. The van der Waals surface area contributed by atoms with Crippen molar-refractivity contribution in [1.29, 1.82) is 0 Å². The number of rotatable bonds is 4. The molecule has 0 spiro atoms. The number of carbonyl (C=O) groups is 1. The van der Waals surface area contributed by atoms with Gasteiger partial charge in [0.1, 0.15) is 17.3 Å². The molecule has 2 aliphatic rings. The monoisotopic (exact) mass is 365 g/mol. The summed E-state index contributed by atoms with van der Waals surface area (Å²) in [7, 11) is 0. The molecule has 4 heterocycles. The van der Waals surface area contributed by atoms with Gasteiger partial charge in [0.15, 0.2) is 0 Å². The highest BCUT2D eigenvalue weighted by atomic mass is 19.1. The molecule has 0 saturated carbocycles. The molecule has 2 aromatic heterocycles. The third kappa shape index (κ3) is 2.86. The summed E-state index contributed by atoms with van der Waals surface area (Å²) >= 11 is 0. The SMILES string of the molecule is O=C1c2cccn2[C@H]2CN(Cc3ccco3)C[C@H]2N1Cc1ccc(F)cc1. The van der Waals surface area contributed by atoms with E-state index in [4.69, 9.17) is 4.42 Å². The second kappa shape index (κ2) is 6.39. The van der Waals surface area contributed by atoms with E-state index in [-0.39, 0.29) is 23.8 Å². The van der Waals surface area contributed by atoms with Crippen molar-refractivity contribution in [2.24, 2.45) is 0 Å². The van der Waals surface area contributed by atoms with E-state index in [0.29, 0.717) is 6.54 Å². The van der Waals surface area contributed by atoms with Crippen molar-refractivity contribution in [2.45, 2.75) is 25.2 Å². The number of halogens is 1. The molecule has 0 aliphatic carbocycles. The molecule has 27 heavy (non-hydrogen) atoms. The molecule has 3 aromatic rings. The van der Waals surface area contributed by atoms with E-state index in [1.54, 1.807) is 18.4 Å². The Morgan fingerprint density at radius 1 is 1.00 bits per heavy atom. The van der Waals surface area contributed by atoms with Gasteiger partial charge >= 0.3 is 0 Å². The van der Waals surface area contributed by atoms with E-state index in [1.807, 2.05) is 35.4 Å². The first-order chi connectivity index (χ1) is 13.2. The van der Waals surface area contributed by atoms with E-state index in [0.717, 1.165) is 36.7 Å². The average Bonchev–Trinajstić information content (AvgIpc) is 3.40. The minimum Gasteiger partial charge on any atom is -0.468 e. The Hall–Kier alpha value is -2.86. The van der Waals surface area contributed by atoms with Crippen LogP contribution in [0.1, 0.15) is 27.9 Å². The molecule has 2 atom stereocenters. The van der Waals surface area contributed by atoms with E-state index >= 15 is 0 Å². The lowest BCUT2D eigenvalue weighted by molar-refractivity contribution is 0.0556. The largest absolute Gasteiger partial charge is 0.468 e.